The molecule has 5 aromatic rings. The molecule has 0 saturated carbocycles. The molecule has 33 heavy (non-hydrogen) atoms. The number of fused-ring (bicyclic) bond motifs is 3. The molecule has 4 heteroatoms. The van der Waals surface area contributed by atoms with Crippen LogP contribution in [0.1, 0.15) is 17.4 Å². The maximum atomic E-state index is 4.08. The van der Waals surface area contributed by atoms with E-state index in [4.69, 9.17) is 0 Å². The number of thiophene rings is 3. The van der Waals surface area contributed by atoms with E-state index in [1.165, 1.54) is 40.4 Å². The Morgan fingerprint density at radius 1 is 0.909 bits per heavy atom. The molecule has 3 aromatic heterocycles. The second-order valence-corrected chi connectivity index (χ2v) is 11.2. The van der Waals surface area contributed by atoms with Gasteiger partial charge in [0.1, 0.15) is 0 Å². The minimum Gasteiger partial charge on any atom is -0.311 e. The van der Waals surface area contributed by atoms with Gasteiger partial charge in [0.15, 0.2) is 0 Å². The fourth-order valence-electron chi connectivity index (χ4n) is 4.07. The highest BCUT2D eigenvalue weighted by atomic mass is 32.1. The second kappa shape index (κ2) is 9.14. The zero-order valence-electron chi connectivity index (χ0n) is 19.0. The smallest absolute Gasteiger partial charge is 0.0635 e. The fourth-order valence-corrected chi connectivity index (χ4v) is 8.05. The Hall–Kier alpha value is -2.92. The number of benzene rings is 2. The summed E-state index contributed by atoms with van der Waals surface area (Å²) < 4.78 is 5.68. The fraction of sp³-hybridized carbons (Fsp3) is 0.103. The summed E-state index contributed by atoms with van der Waals surface area (Å²) in [7, 11) is 0. The van der Waals surface area contributed by atoms with Gasteiger partial charge in [-0.2, -0.15) is 0 Å². The Balaban J connectivity index is 1.57. The predicted molar refractivity (Wildman–Crippen MR) is 152 cm³/mol. The molecule has 0 radical (unpaired) electrons. The number of hydrogen-bond donors (Lipinski definition) is 0. The van der Waals surface area contributed by atoms with Gasteiger partial charge in [-0.05, 0) is 74.4 Å². The lowest BCUT2D eigenvalue weighted by Crippen LogP contribution is -2.15. The van der Waals surface area contributed by atoms with Crippen molar-refractivity contribution in [2.24, 2.45) is 0 Å². The molecule has 0 atom stereocenters. The van der Waals surface area contributed by atoms with Crippen LogP contribution in [-0.2, 0) is 0 Å². The summed E-state index contributed by atoms with van der Waals surface area (Å²) in [5, 5.41) is 2.31. The van der Waals surface area contributed by atoms with Crippen molar-refractivity contribution in [2.45, 2.75) is 20.8 Å². The first-order valence-electron chi connectivity index (χ1n) is 10.9. The molecule has 164 valence electrons. The van der Waals surface area contributed by atoms with Crippen LogP contribution < -0.4 is 4.90 Å². The van der Waals surface area contributed by atoms with Crippen molar-refractivity contribution < 1.29 is 0 Å². The quantitative estimate of drug-likeness (QED) is 0.217. The van der Waals surface area contributed by atoms with Crippen molar-refractivity contribution in [3.05, 3.63) is 107 Å². The van der Waals surface area contributed by atoms with Crippen molar-refractivity contribution in [2.75, 3.05) is 4.90 Å². The van der Waals surface area contributed by atoms with Gasteiger partial charge in [0, 0.05) is 37.6 Å². The summed E-state index contributed by atoms with van der Waals surface area (Å²) in [5.74, 6) is 0. The molecule has 0 aliphatic rings. The average molecular weight is 484 g/mol. The number of anilines is 2. The first-order chi connectivity index (χ1) is 16.1. The SMILES string of the molecule is C=C/C(=C\C=C/C)N(c1ccc(-c2csc3c2sc2cc(C)sc23)cc1)c1cccc(C)c1. The predicted octanol–water partition coefficient (Wildman–Crippen LogP) is 10.2. The van der Waals surface area contributed by atoms with E-state index in [0.29, 0.717) is 0 Å². The number of nitrogens with zero attached hydrogens (tertiary/aromatic N) is 1. The second-order valence-electron chi connectivity index (χ2n) is 8.00. The van der Waals surface area contributed by atoms with E-state index in [2.05, 4.69) is 97.5 Å². The maximum Gasteiger partial charge on any atom is 0.0635 e. The lowest BCUT2D eigenvalue weighted by atomic mass is 10.1. The Morgan fingerprint density at radius 3 is 2.45 bits per heavy atom. The van der Waals surface area contributed by atoms with Crippen molar-refractivity contribution in [1.82, 2.24) is 0 Å². The third kappa shape index (κ3) is 4.10. The maximum absolute atomic E-state index is 4.08. The van der Waals surface area contributed by atoms with Gasteiger partial charge in [-0.25, -0.2) is 0 Å². The van der Waals surface area contributed by atoms with Crippen LogP contribution in [0, 0.1) is 13.8 Å². The van der Waals surface area contributed by atoms with E-state index in [1.807, 2.05) is 53.1 Å². The van der Waals surface area contributed by atoms with Gasteiger partial charge in [0.25, 0.3) is 0 Å². The van der Waals surface area contributed by atoms with Crippen LogP contribution in [0.15, 0.2) is 96.6 Å². The van der Waals surface area contributed by atoms with Crippen LogP contribution in [0.5, 0.6) is 0 Å². The van der Waals surface area contributed by atoms with Gasteiger partial charge >= 0.3 is 0 Å². The van der Waals surface area contributed by atoms with E-state index in [-0.39, 0.29) is 0 Å². The molecule has 0 bridgehead atoms. The molecule has 2 aromatic carbocycles. The molecule has 0 amide bonds. The zero-order chi connectivity index (χ0) is 22.9. The lowest BCUT2D eigenvalue weighted by Gasteiger charge is -2.26. The highest BCUT2D eigenvalue weighted by Crippen LogP contribution is 2.47. The summed E-state index contributed by atoms with van der Waals surface area (Å²) in [6.07, 6.45) is 8.11. The van der Waals surface area contributed by atoms with E-state index in [1.54, 1.807) is 0 Å². The van der Waals surface area contributed by atoms with Crippen molar-refractivity contribution in [1.29, 1.82) is 0 Å². The topological polar surface area (TPSA) is 3.24 Å². The summed E-state index contributed by atoms with van der Waals surface area (Å²) in [5.41, 5.74) is 7.12. The van der Waals surface area contributed by atoms with Crippen LogP contribution >= 0.6 is 34.0 Å². The third-order valence-corrected chi connectivity index (χ3v) is 9.23. The van der Waals surface area contributed by atoms with Gasteiger partial charge in [-0.1, -0.05) is 43.0 Å². The molecule has 0 N–H and O–H groups in total. The Labute approximate surface area is 207 Å². The van der Waals surface area contributed by atoms with Gasteiger partial charge in [0.05, 0.1) is 14.1 Å². The molecule has 0 spiro atoms. The van der Waals surface area contributed by atoms with Gasteiger partial charge in [-0.15, -0.1) is 34.0 Å². The number of aryl methyl sites for hydroxylation is 2. The average Bonchev–Trinajstić information content (AvgIpc) is 3.47. The van der Waals surface area contributed by atoms with Crippen LogP contribution in [0.4, 0.5) is 11.4 Å². The molecule has 5 rings (SSSR count). The molecular formula is C29H25NS3. The van der Waals surface area contributed by atoms with Crippen molar-refractivity contribution in [3.8, 4) is 11.1 Å². The molecule has 0 aliphatic carbocycles. The summed E-state index contributed by atoms with van der Waals surface area (Å²) >= 11 is 5.69. The molecule has 0 fully saturated rings. The van der Waals surface area contributed by atoms with E-state index < -0.39 is 0 Å². The van der Waals surface area contributed by atoms with E-state index in [0.717, 1.165) is 17.1 Å². The Kier molecular flexibility index (Phi) is 6.07. The molecule has 3 heterocycles. The van der Waals surface area contributed by atoms with Crippen molar-refractivity contribution in [3.63, 3.8) is 0 Å². The highest BCUT2D eigenvalue weighted by molar-refractivity contribution is 7.38. The molecule has 0 aliphatic heterocycles. The third-order valence-electron chi connectivity index (χ3n) is 5.61. The summed E-state index contributed by atoms with van der Waals surface area (Å²) in [6.45, 7) is 10.4. The van der Waals surface area contributed by atoms with Gasteiger partial charge in [0.2, 0.25) is 0 Å². The van der Waals surface area contributed by atoms with E-state index >= 15 is 0 Å². The normalized spacial score (nSPS) is 12.3. The Bertz CT molecular complexity index is 1510. The standard InChI is InChI=1S/C29H25NS3/c1-5-7-10-22(6-2)30(24-11-8-9-19(3)16-24)23-14-12-21(13-15-23)25-18-31-29-27(25)33-26-17-20(4)32-28(26)29/h5-18H,2H2,1,3-4H3/b7-5-,22-10+. The Morgan fingerprint density at radius 2 is 1.73 bits per heavy atom. The number of rotatable bonds is 6. The summed E-state index contributed by atoms with van der Waals surface area (Å²) in [4.78, 5) is 3.65. The number of allylic oxidation sites excluding steroid dienone is 4. The van der Waals surface area contributed by atoms with Crippen molar-refractivity contribution >= 4 is 64.2 Å². The highest BCUT2D eigenvalue weighted by Gasteiger charge is 2.16. The van der Waals surface area contributed by atoms with Crippen LogP contribution in [0.25, 0.3) is 29.9 Å². The first kappa shape index (κ1) is 21.9. The molecule has 1 nitrogen and oxygen atoms in total. The first-order valence-corrected chi connectivity index (χ1v) is 13.4. The van der Waals surface area contributed by atoms with Gasteiger partial charge in [-0.3, -0.25) is 0 Å². The van der Waals surface area contributed by atoms with Gasteiger partial charge < -0.3 is 4.90 Å². The number of hydrogen-bond acceptors (Lipinski definition) is 4. The van der Waals surface area contributed by atoms with Crippen LogP contribution in [0.2, 0.25) is 0 Å². The van der Waals surface area contributed by atoms with Crippen LogP contribution in [0.3, 0.4) is 0 Å². The molecule has 0 saturated heterocycles. The minimum absolute atomic E-state index is 1.04. The zero-order valence-corrected chi connectivity index (χ0v) is 21.4. The van der Waals surface area contributed by atoms with Crippen LogP contribution in [-0.4, -0.2) is 0 Å². The lowest BCUT2D eigenvalue weighted by molar-refractivity contribution is 1.20. The minimum atomic E-state index is 1.04. The molecular weight excluding hydrogens is 459 g/mol. The molecule has 0 unspecified atom stereocenters. The largest absolute Gasteiger partial charge is 0.311 e. The monoisotopic (exact) mass is 483 g/mol. The van der Waals surface area contributed by atoms with E-state index in [9.17, 15) is 0 Å². The summed E-state index contributed by atoms with van der Waals surface area (Å²) in [6, 6.07) is 19.8.